The minimum Gasteiger partial charge on any atom is -0.485 e. The van der Waals surface area contributed by atoms with E-state index in [2.05, 4.69) is 9.88 Å². The number of anilines is 1. The molecular weight excluding hydrogens is 307 g/mol. The van der Waals surface area contributed by atoms with Crippen LogP contribution in [0.3, 0.4) is 0 Å². The average Bonchev–Trinajstić information content (AvgIpc) is 2.92. The maximum Gasteiger partial charge on any atom is 0.156 e. The zero-order valence-electron chi connectivity index (χ0n) is 11.7. The van der Waals surface area contributed by atoms with Gasteiger partial charge in [-0.1, -0.05) is 29.3 Å². The summed E-state index contributed by atoms with van der Waals surface area (Å²) in [5.74, 6) is 1.56. The summed E-state index contributed by atoms with van der Waals surface area (Å²) in [5.41, 5.74) is 1.03. The van der Waals surface area contributed by atoms with E-state index in [1.807, 2.05) is 37.3 Å². The Hall–Kier alpha value is -1.45. The third-order valence-corrected chi connectivity index (χ3v) is 4.11. The van der Waals surface area contributed by atoms with Crippen LogP contribution in [-0.2, 0) is 0 Å². The number of benzene rings is 1. The molecule has 0 N–H and O–H groups in total. The van der Waals surface area contributed by atoms with Crippen LogP contribution in [0.15, 0.2) is 36.5 Å². The summed E-state index contributed by atoms with van der Waals surface area (Å²) in [6, 6.07) is 9.65. The van der Waals surface area contributed by atoms with Crippen LogP contribution in [0, 0.1) is 6.92 Å². The van der Waals surface area contributed by atoms with E-state index < -0.39 is 0 Å². The number of hydrogen-bond donors (Lipinski definition) is 0. The average molecular weight is 323 g/mol. The molecule has 2 aromatic rings. The second-order valence-electron chi connectivity index (χ2n) is 5.22. The van der Waals surface area contributed by atoms with Gasteiger partial charge in [-0.25, -0.2) is 4.98 Å². The van der Waals surface area contributed by atoms with E-state index in [-0.39, 0.29) is 6.10 Å². The number of ether oxygens (including phenoxy) is 1. The zero-order chi connectivity index (χ0) is 14.8. The van der Waals surface area contributed by atoms with Gasteiger partial charge in [0, 0.05) is 19.2 Å². The fourth-order valence-corrected chi connectivity index (χ4v) is 3.22. The van der Waals surface area contributed by atoms with E-state index in [0.29, 0.717) is 15.8 Å². The first-order valence-electron chi connectivity index (χ1n) is 6.92. The second-order valence-corrected chi connectivity index (χ2v) is 6.03. The molecule has 110 valence electrons. The van der Waals surface area contributed by atoms with E-state index in [0.717, 1.165) is 30.9 Å². The molecule has 3 nitrogen and oxygen atoms in total. The van der Waals surface area contributed by atoms with E-state index in [4.69, 9.17) is 27.9 Å². The third kappa shape index (κ3) is 3.25. The summed E-state index contributed by atoms with van der Waals surface area (Å²) in [7, 11) is 0. The molecule has 1 saturated heterocycles. The maximum atomic E-state index is 6.23. The minimum atomic E-state index is 0.0738. The highest BCUT2D eigenvalue weighted by molar-refractivity contribution is 6.37. The van der Waals surface area contributed by atoms with Crippen LogP contribution in [0.5, 0.6) is 5.75 Å². The fraction of sp³-hybridized carbons (Fsp3) is 0.312. The molecule has 1 aliphatic heterocycles. The van der Waals surface area contributed by atoms with Crippen molar-refractivity contribution in [3.63, 3.8) is 0 Å². The summed E-state index contributed by atoms with van der Waals surface area (Å²) in [6.45, 7) is 3.67. The highest BCUT2D eigenvalue weighted by Gasteiger charge is 2.26. The van der Waals surface area contributed by atoms with Crippen molar-refractivity contribution in [2.24, 2.45) is 0 Å². The lowest BCUT2D eigenvalue weighted by Crippen LogP contribution is -2.25. The van der Waals surface area contributed by atoms with E-state index in [1.54, 1.807) is 6.20 Å². The van der Waals surface area contributed by atoms with Crippen LogP contribution in [-0.4, -0.2) is 24.2 Å². The number of aryl methyl sites for hydroxylation is 1. The van der Waals surface area contributed by atoms with Gasteiger partial charge >= 0.3 is 0 Å². The van der Waals surface area contributed by atoms with Crippen molar-refractivity contribution in [1.82, 2.24) is 4.98 Å². The molecule has 2 heterocycles. The molecule has 0 aliphatic carbocycles. The van der Waals surface area contributed by atoms with Crippen molar-refractivity contribution in [3.05, 3.63) is 52.1 Å². The fourth-order valence-electron chi connectivity index (χ4n) is 2.54. The molecule has 0 unspecified atom stereocenters. The molecule has 1 atom stereocenters. The van der Waals surface area contributed by atoms with Gasteiger partial charge in [0.1, 0.15) is 11.9 Å². The van der Waals surface area contributed by atoms with Gasteiger partial charge in [0.15, 0.2) is 5.75 Å². The number of nitrogens with zero attached hydrogens (tertiary/aromatic N) is 2. The standard InChI is InChI=1S/C16H16Cl2N2O/c1-11-8-13(17)16(14(18)9-11)21-12-5-7-20(10-12)15-4-2-3-6-19-15/h2-4,6,8-9,12H,5,7,10H2,1H3/t12-/m1/s1. The Kier molecular flexibility index (Phi) is 4.22. The molecular formula is C16H16Cl2N2O. The van der Waals surface area contributed by atoms with Crippen LogP contribution >= 0.6 is 23.2 Å². The molecule has 3 rings (SSSR count). The van der Waals surface area contributed by atoms with Crippen molar-refractivity contribution in [3.8, 4) is 5.75 Å². The summed E-state index contributed by atoms with van der Waals surface area (Å²) < 4.78 is 6.01. The van der Waals surface area contributed by atoms with Crippen molar-refractivity contribution >= 4 is 29.0 Å². The number of hydrogen-bond acceptors (Lipinski definition) is 3. The predicted molar refractivity (Wildman–Crippen MR) is 86.7 cm³/mol. The quantitative estimate of drug-likeness (QED) is 0.839. The van der Waals surface area contributed by atoms with Gasteiger partial charge in [0.25, 0.3) is 0 Å². The Labute approximate surface area is 134 Å². The highest BCUT2D eigenvalue weighted by atomic mass is 35.5. The van der Waals surface area contributed by atoms with Crippen molar-refractivity contribution in [2.45, 2.75) is 19.4 Å². The molecule has 0 radical (unpaired) electrons. The Balaban J connectivity index is 1.71. The Morgan fingerprint density at radius 1 is 1.24 bits per heavy atom. The number of halogens is 2. The van der Waals surface area contributed by atoms with E-state index in [9.17, 15) is 0 Å². The zero-order valence-corrected chi connectivity index (χ0v) is 13.2. The second kappa shape index (κ2) is 6.12. The van der Waals surface area contributed by atoms with Gasteiger partial charge in [0.2, 0.25) is 0 Å². The van der Waals surface area contributed by atoms with Crippen LogP contribution < -0.4 is 9.64 Å². The smallest absolute Gasteiger partial charge is 0.156 e. The lowest BCUT2D eigenvalue weighted by molar-refractivity contribution is 0.225. The number of aromatic nitrogens is 1. The van der Waals surface area contributed by atoms with Crippen LogP contribution in [0.4, 0.5) is 5.82 Å². The molecule has 0 saturated carbocycles. The molecule has 1 aliphatic rings. The first-order chi connectivity index (χ1) is 10.1. The lowest BCUT2D eigenvalue weighted by atomic mass is 10.2. The molecule has 21 heavy (non-hydrogen) atoms. The van der Waals surface area contributed by atoms with Gasteiger partial charge in [-0.3, -0.25) is 0 Å². The molecule has 5 heteroatoms. The summed E-state index contributed by atoms with van der Waals surface area (Å²) in [6.07, 6.45) is 2.80. The van der Waals surface area contributed by atoms with Crippen LogP contribution in [0.25, 0.3) is 0 Å². The molecule has 0 spiro atoms. The lowest BCUT2D eigenvalue weighted by Gasteiger charge is -2.19. The summed E-state index contributed by atoms with van der Waals surface area (Å²) in [4.78, 5) is 6.58. The topological polar surface area (TPSA) is 25.4 Å². The van der Waals surface area contributed by atoms with E-state index in [1.165, 1.54) is 0 Å². The van der Waals surface area contributed by atoms with Crippen LogP contribution in [0.1, 0.15) is 12.0 Å². The van der Waals surface area contributed by atoms with Crippen LogP contribution in [0.2, 0.25) is 10.0 Å². The molecule has 1 aromatic carbocycles. The molecule has 0 bridgehead atoms. The van der Waals surface area contributed by atoms with Crippen molar-refractivity contribution in [2.75, 3.05) is 18.0 Å². The third-order valence-electron chi connectivity index (χ3n) is 3.55. The normalized spacial score (nSPS) is 18.0. The first kappa shape index (κ1) is 14.5. The maximum absolute atomic E-state index is 6.23. The van der Waals surface area contributed by atoms with Gasteiger partial charge in [-0.2, -0.15) is 0 Å². The van der Waals surface area contributed by atoms with Crippen molar-refractivity contribution in [1.29, 1.82) is 0 Å². The molecule has 1 aromatic heterocycles. The van der Waals surface area contributed by atoms with Crippen molar-refractivity contribution < 1.29 is 4.74 Å². The number of rotatable bonds is 3. The van der Waals surface area contributed by atoms with Gasteiger partial charge in [0.05, 0.1) is 16.6 Å². The molecule has 0 amide bonds. The SMILES string of the molecule is Cc1cc(Cl)c(O[C@@H]2CCN(c3ccccn3)C2)c(Cl)c1. The predicted octanol–water partition coefficient (Wildman–Crippen LogP) is 4.35. The monoisotopic (exact) mass is 322 g/mol. The first-order valence-corrected chi connectivity index (χ1v) is 7.67. The molecule has 1 fully saturated rings. The summed E-state index contributed by atoms with van der Waals surface area (Å²) >= 11 is 12.5. The van der Waals surface area contributed by atoms with Gasteiger partial charge < -0.3 is 9.64 Å². The Bertz CT molecular complexity index is 610. The van der Waals surface area contributed by atoms with E-state index >= 15 is 0 Å². The van der Waals surface area contributed by atoms with Gasteiger partial charge in [-0.15, -0.1) is 0 Å². The Morgan fingerprint density at radius 2 is 2.00 bits per heavy atom. The largest absolute Gasteiger partial charge is 0.485 e. The van der Waals surface area contributed by atoms with Gasteiger partial charge in [-0.05, 0) is 36.8 Å². The summed E-state index contributed by atoms with van der Waals surface area (Å²) in [5, 5.41) is 1.13. The number of pyridine rings is 1. The minimum absolute atomic E-state index is 0.0738. The highest BCUT2D eigenvalue weighted by Crippen LogP contribution is 2.36. The Morgan fingerprint density at radius 3 is 2.67 bits per heavy atom.